The number of benzene rings is 1. The Bertz CT molecular complexity index is 577. The van der Waals surface area contributed by atoms with Crippen molar-refractivity contribution >= 4 is 16.9 Å². The minimum Gasteiger partial charge on any atom is -0.345 e. The van der Waals surface area contributed by atoms with Gasteiger partial charge in [-0.05, 0) is 24.1 Å². The summed E-state index contributed by atoms with van der Waals surface area (Å²) in [4.78, 5) is 20.7. The minimum atomic E-state index is 0.00703. The van der Waals surface area contributed by atoms with Crippen molar-refractivity contribution in [2.45, 2.75) is 18.9 Å². The van der Waals surface area contributed by atoms with Crippen LogP contribution in [-0.4, -0.2) is 39.9 Å². The highest BCUT2D eigenvalue weighted by atomic mass is 16.2. The standard InChI is InChI=1S/C13H16N4O/c14-10-6-13(18)17(7-10)4-3-9-1-2-11-12(5-9)16-8-15-11/h1-2,5,8,10H,3-4,6-7,14H2,(H,15,16). The molecule has 1 unspecified atom stereocenters. The number of amides is 1. The summed E-state index contributed by atoms with van der Waals surface area (Å²) in [5.41, 5.74) is 8.99. The van der Waals surface area contributed by atoms with Crippen molar-refractivity contribution in [1.82, 2.24) is 14.9 Å². The first-order valence-corrected chi connectivity index (χ1v) is 6.18. The lowest BCUT2D eigenvalue weighted by atomic mass is 10.1. The molecule has 1 aromatic carbocycles. The molecule has 0 spiro atoms. The second kappa shape index (κ2) is 4.42. The molecule has 3 rings (SSSR count). The van der Waals surface area contributed by atoms with E-state index in [2.05, 4.69) is 22.1 Å². The summed E-state index contributed by atoms with van der Waals surface area (Å²) >= 11 is 0. The van der Waals surface area contributed by atoms with E-state index in [4.69, 9.17) is 5.73 Å². The van der Waals surface area contributed by atoms with Crippen LogP contribution in [0.15, 0.2) is 24.5 Å². The van der Waals surface area contributed by atoms with E-state index in [0.717, 1.165) is 24.0 Å². The van der Waals surface area contributed by atoms with Gasteiger partial charge < -0.3 is 15.6 Å². The maximum atomic E-state index is 11.6. The maximum Gasteiger partial charge on any atom is 0.224 e. The van der Waals surface area contributed by atoms with E-state index in [0.29, 0.717) is 13.0 Å². The van der Waals surface area contributed by atoms with Gasteiger partial charge in [-0.2, -0.15) is 0 Å². The minimum absolute atomic E-state index is 0.00703. The first-order chi connectivity index (χ1) is 8.72. The molecule has 2 aromatic rings. The monoisotopic (exact) mass is 244 g/mol. The number of aromatic nitrogens is 2. The molecule has 1 saturated heterocycles. The fourth-order valence-corrected chi connectivity index (χ4v) is 2.42. The Hall–Kier alpha value is -1.88. The first kappa shape index (κ1) is 11.2. The molecule has 94 valence electrons. The number of likely N-dealkylation sites (tertiary alicyclic amines) is 1. The van der Waals surface area contributed by atoms with Crippen LogP contribution < -0.4 is 5.73 Å². The Balaban J connectivity index is 1.67. The van der Waals surface area contributed by atoms with Crippen molar-refractivity contribution in [3.63, 3.8) is 0 Å². The van der Waals surface area contributed by atoms with E-state index in [-0.39, 0.29) is 11.9 Å². The van der Waals surface area contributed by atoms with Gasteiger partial charge in [-0.1, -0.05) is 6.07 Å². The van der Waals surface area contributed by atoms with Crippen LogP contribution in [0, 0.1) is 0 Å². The number of nitrogens with one attached hydrogen (secondary N) is 1. The summed E-state index contributed by atoms with van der Waals surface area (Å²) in [7, 11) is 0. The van der Waals surface area contributed by atoms with E-state index in [9.17, 15) is 4.79 Å². The summed E-state index contributed by atoms with van der Waals surface area (Å²) in [6, 6.07) is 6.15. The van der Waals surface area contributed by atoms with Gasteiger partial charge in [0.15, 0.2) is 0 Å². The third-order valence-corrected chi connectivity index (χ3v) is 3.40. The predicted octanol–water partition coefficient (Wildman–Crippen LogP) is 0.665. The number of H-pyrrole nitrogens is 1. The topological polar surface area (TPSA) is 75.0 Å². The van der Waals surface area contributed by atoms with Crippen molar-refractivity contribution in [3.05, 3.63) is 30.1 Å². The lowest BCUT2D eigenvalue weighted by molar-refractivity contribution is -0.127. The molecule has 3 N–H and O–H groups in total. The van der Waals surface area contributed by atoms with Gasteiger partial charge in [-0.15, -0.1) is 0 Å². The van der Waals surface area contributed by atoms with Crippen LogP contribution in [0.4, 0.5) is 0 Å². The predicted molar refractivity (Wildman–Crippen MR) is 69.0 cm³/mol. The number of hydrogen-bond acceptors (Lipinski definition) is 3. The molecule has 1 aliphatic rings. The van der Waals surface area contributed by atoms with Gasteiger partial charge in [0.05, 0.1) is 17.4 Å². The number of nitrogens with two attached hydrogens (primary N) is 1. The second-order valence-electron chi connectivity index (χ2n) is 4.81. The summed E-state index contributed by atoms with van der Waals surface area (Å²) in [5.74, 6) is 0.171. The molecule has 0 aliphatic carbocycles. The molecule has 1 atom stereocenters. The number of fused-ring (bicyclic) bond motifs is 1. The maximum absolute atomic E-state index is 11.6. The summed E-state index contributed by atoms with van der Waals surface area (Å²) in [5, 5.41) is 0. The lowest BCUT2D eigenvalue weighted by Gasteiger charge is -2.15. The number of rotatable bonds is 3. The van der Waals surface area contributed by atoms with Crippen LogP contribution in [0.25, 0.3) is 11.0 Å². The zero-order chi connectivity index (χ0) is 12.5. The van der Waals surface area contributed by atoms with Crippen LogP contribution in [-0.2, 0) is 11.2 Å². The number of aromatic amines is 1. The van der Waals surface area contributed by atoms with E-state index >= 15 is 0 Å². The average Bonchev–Trinajstić information content (AvgIpc) is 2.92. The fourth-order valence-electron chi connectivity index (χ4n) is 2.42. The highest BCUT2D eigenvalue weighted by Crippen LogP contribution is 2.14. The van der Waals surface area contributed by atoms with Crippen LogP contribution >= 0.6 is 0 Å². The Kier molecular flexibility index (Phi) is 2.76. The molecule has 0 radical (unpaired) electrons. The Labute approximate surface area is 105 Å². The zero-order valence-corrected chi connectivity index (χ0v) is 10.1. The Morgan fingerprint density at radius 3 is 3.17 bits per heavy atom. The molecule has 18 heavy (non-hydrogen) atoms. The first-order valence-electron chi connectivity index (χ1n) is 6.18. The van der Waals surface area contributed by atoms with Crippen molar-refractivity contribution < 1.29 is 4.79 Å². The lowest BCUT2D eigenvalue weighted by Crippen LogP contribution is -2.30. The van der Waals surface area contributed by atoms with Crippen LogP contribution in [0.3, 0.4) is 0 Å². The number of carbonyl (C=O) groups is 1. The molecule has 0 saturated carbocycles. The number of imidazole rings is 1. The highest BCUT2D eigenvalue weighted by molar-refractivity contribution is 5.79. The van der Waals surface area contributed by atoms with Crippen molar-refractivity contribution in [3.8, 4) is 0 Å². The van der Waals surface area contributed by atoms with Gasteiger partial charge in [0.1, 0.15) is 0 Å². The van der Waals surface area contributed by atoms with Crippen LogP contribution in [0.5, 0.6) is 0 Å². The third-order valence-electron chi connectivity index (χ3n) is 3.40. The molecule has 1 fully saturated rings. The average molecular weight is 244 g/mol. The highest BCUT2D eigenvalue weighted by Gasteiger charge is 2.26. The summed E-state index contributed by atoms with van der Waals surface area (Å²) in [6.45, 7) is 1.43. The molecule has 0 bridgehead atoms. The number of nitrogens with zero attached hydrogens (tertiary/aromatic N) is 2. The van der Waals surface area contributed by atoms with Crippen LogP contribution in [0.1, 0.15) is 12.0 Å². The van der Waals surface area contributed by atoms with E-state index in [1.165, 1.54) is 5.56 Å². The zero-order valence-electron chi connectivity index (χ0n) is 10.1. The molecular weight excluding hydrogens is 228 g/mol. The summed E-state index contributed by atoms with van der Waals surface area (Å²) < 4.78 is 0. The SMILES string of the molecule is NC1CC(=O)N(CCc2ccc3nc[nH]c3c2)C1. The largest absolute Gasteiger partial charge is 0.345 e. The smallest absolute Gasteiger partial charge is 0.224 e. The van der Waals surface area contributed by atoms with Gasteiger partial charge >= 0.3 is 0 Å². The third kappa shape index (κ3) is 2.09. The van der Waals surface area contributed by atoms with E-state index < -0.39 is 0 Å². The van der Waals surface area contributed by atoms with Gasteiger partial charge in [-0.3, -0.25) is 4.79 Å². The van der Waals surface area contributed by atoms with Crippen molar-refractivity contribution in [2.75, 3.05) is 13.1 Å². The van der Waals surface area contributed by atoms with Gasteiger partial charge in [-0.25, -0.2) is 4.98 Å². The van der Waals surface area contributed by atoms with Gasteiger partial charge in [0.2, 0.25) is 5.91 Å². The molecule has 5 nitrogen and oxygen atoms in total. The van der Waals surface area contributed by atoms with Crippen molar-refractivity contribution in [1.29, 1.82) is 0 Å². The van der Waals surface area contributed by atoms with E-state index in [1.807, 2.05) is 11.0 Å². The van der Waals surface area contributed by atoms with Crippen LogP contribution in [0.2, 0.25) is 0 Å². The molecule has 5 heteroatoms. The number of carbonyl (C=O) groups excluding carboxylic acids is 1. The normalized spacial score (nSPS) is 19.9. The van der Waals surface area contributed by atoms with Gasteiger partial charge in [0, 0.05) is 25.6 Å². The Morgan fingerprint density at radius 2 is 2.39 bits per heavy atom. The second-order valence-corrected chi connectivity index (χ2v) is 4.81. The number of hydrogen-bond donors (Lipinski definition) is 2. The van der Waals surface area contributed by atoms with E-state index in [1.54, 1.807) is 6.33 Å². The fraction of sp³-hybridized carbons (Fsp3) is 0.385. The summed E-state index contributed by atoms with van der Waals surface area (Å²) in [6.07, 6.45) is 3.03. The Morgan fingerprint density at radius 1 is 1.50 bits per heavy atom. The molecular formula is C13H16N4O. The molecule has 2 heterocycles. The van der Waals surface area contributed by atoms with Crippen molar-refractivity contribution in [2.24, 2.45) is 5.73 Å². The molecule has 1 aromatic heterocycles. The molecule has 1 aliphatic heterocycles. The quantitative estimate of drug-likeness (QED) is 0.833. The van der Waals surface area contributed by atoms with Gasteiger partial charge in [0.25, 0.3) is 0 Å². The molecule has 1 amide bonds.